The van der Waals surface area contributed by atoms with Crippen molar-refractivity contribution >= 4 is 21.9 Å². The number of rotatable bonds is 6. The van der Waals surface area contributed by atoms with Crippen molar-refractivity contribution in [2.45, 2.75) is 37.1 Å². The summed E-state index contributed by atoms with van der Waals surface area (Å²) < 4.78 is 23.8. The van der Waals surface area contributed by atoms with Gasteiger partial charge in [0.2, 0.25) is 10.0 Å². The van der Waals surface area contributed by atoms with E-state index in [0.29, 0.717) is 6.42 Å². The lowest BCUT2D eigenvalue weighted by Crippen LogP contribution is -2.52. The number of amides is 1. The number of hydrogen-bond donors (Lipinski definition) is 3. The van der Waals surface area contributed by atoms with E-state index in [-0.39, 0.29) is 17.0 Å². The van der Waals surface area contributed by atoms with E-state index in [0.717, 1.165) is 6.07 Å². The number of sulfonamides is 1. The molecule has 1 rings (SSSR count). The Balaban J connectivity index is 3.10. The van der Waals surface area contributed by atoms with E-state index in [4.69, 9.17) is 5.14 Å². The van der Waals surface area contributed by atoms with Gasteiger partial charge in [-0.05, 0) is 19.4 Å². The lowest BCUT2D eigenvalue weighted by atomic mass is 9.96. The molecule has 1 amide bonds. The Kier molecular flexibility index (Phi) is 4.79. The summed E-state index contributed by atoms with van der Waals surface area (Å²) in [5, 5.41) is 16.6. The van der Waals surface area contributed by atoms with Gasteiger partial charge >= 0.3 is 5.97 Å². The van der Waals surface area contributed by atoms with Crippen LogP contribution in [-0.4, -0.2) is 35.5 Å². The molecule has 0 fully saturated rings. The number of nitrogens with one attached hydrogen (secondary N) is 1. The third-order valence-electron chi connectivity index (χ3n) is 3.15. The molecule has 0 saturated heterocycles. The maximum Gasteiger partial charge on any atom is 0.329 e. The standard InChI is InChI=1S/C12H19N3O5S/c1-4-5-12(2,11(17)18)14-10(16)9-6-8(7-15(9)3)21(13,19)20/h6-7H,4-5H2,1-3H3,(H,14,16)(H,17,18)(H2,13,19,20). The van der Waals surface area contributed by atoms with E-state index < -0.39 is 27.4 Å². The first-order valence-corrected chi connectivity index (χ1v) is 7.81. The molecule has 0 spiro atoms. The number of carboxylic acid groups (broad SMARTS) is 1. The lowest BCUT2D eigenvalue weighted by molar-refractivity contribution is -0.144. The van der Waals surface area contributed by atoms with Crippen LogP contribution in [0.3, 0.4) is 0 Å². The van der Waals surface area contributed by atoms with Gasteiger partial charge in [-0.1, -0.05) is 13.3 Å². The lowest BCUT2D eigenvalue weighted by Gasteiger charge is -2.25. The second-order valence-electron chi connectivity index (χ2n) is 5.06. The first-order chi connectivity index (χ1) is 9.51. The van der Waals surface area contributed by atoms with Crippen molar-refractivity contribution < 1.29 is 23.1 Å². The van der Waals surface area contributed by atoms with E-state index in [1.165, 1.54) is 24.7 Å². The molecule has 0 bridgehead atoms. The van der Waals surface area contributed by atoms with Crippen LogP contribution in [0.2, 0.25) is 0 Å². The summed E-state index contributed by atoms with van der Waals surface area (Å²) in [4.78, 5) is 23.3. The van der Waals surface area contributed by atoms with Gasteiger partial charge in [0.15, 0.2) is 0 Å². The van der Waals surface area contributed by atoms with Gasteiger partial charge in [0.05, 0.1) is 0 Å². The Morgan fingerprint density at radius 2 is 2.05 bits per heavy atom. The van der Waals surface area contributed by atoms with E-state index in [1.807, 2.05) is 0 Å². The zero-order chi connectivity index (χ0) is 16.4. The van der Waals surface area contributed by atoms with Crippen molar-refractivity contribution in [2.24, 2.45) is 12.2 Å². The number of aromatic nitrogens is 1. The second kappa shape index (κ2) is 5.86. The Morgan fingerprint density at radius 1 is 1.48 bits per heavy atom. The maximum absolute atomic E-state index is 12.2. The average Bonchev–Trinajstić information content (AvgIpc) is 2.71. The molecular formula is C12H19N3O5S. The van der Waals surface area contributed by atoms with Gasteiger partial charge in [-0.2, -0.15) is 0 Å². The highest BCUT2D eigenvalue weighted by molar-refractivity contribution is 7.89. The van der Waals surface area contributed by atoms with Gasteiger partial charge in [0, 0.05) is 13.2 Å². The number of carbonyl (C=O) groups excluding carboxylic acids is 1. The summed E-state index contributed by atoms with van der Waals surface area (Å²) in [7, 11) is -2.45. The molecule has 1 aromatic rings. The topological polar surface area (TPSA) is 131 Å². The van der Waals surface area contributed by atoms with E-state index >= 15 is 0 Å². The van der Waals surface area contributed by atoms with Crippen LogP contribution >= 0.6 is 0 Å². The molecule has 8 nitrogen and oxygen atoms in total. The van der Waals surface area contributed by atoms with Gasteiger partial charge in [-0.15, -0.1) is 0 Å². The van der Waals surface area contributed by atoms with Crippen molar-refractivity contribution in [2.75, 3.05) is 0 Å². The fourth-order valence-corrected chi connectivity index (χ4v) is 2.53. The van der Waals surface area contributed by atoms with Crippen LogP contribution in [0.25, 0.3) is 0 Å². The maximum atomic E-state index is 12.2. The normalized spacial score (nSPS) is 14.5. The predicted molar refractivity (Wildman–Crippen MR) is 75.2 cm³/mol. The Hall–Kier alpha value is -1.87. The van der Waals surface area contributed by atoms with Crippen LogP contribution in [0.5, 0.6) is 0 Å². The van der Waals surface area contributed by atoms with Crippen LogP contribution in [0.1, 0.15) is 37.2 Å². The minimum atomic E-state index is -3.93. The molecule has 0 radical (unpaired) electrons. The van der Waals surface area contributed by atoms with Crippen molar-refractivity contribution in [3.05, 3.63) is 18.0 Å². The number of carbonyl (C=O) groups is 2. The highest BCUT2D eigenvalue weighted by Crippen LogP contribution is 2.16. The number of nitrogens with zero attached hydrogens (tertiary/aromatic N) is 1. The monoisotopic (exact) mass is 317 g/mol. The van der Waals surface area contributed by atoms with Crippen molar-refractivity contribution in [1.29, 1.82) is 0 Å². The quantitative estimate of drug-likeness (QED) is 0.682. The van der Waals surface area contributed by atoms with Crippen LogP contribution in [0.15, 0.2) is 17.2 Å². The van der Waals surface area contributed by atoms with E-state index in [2.05, 4.69) is 5.32 Å². The fourth-order valence-electron chi connectivity index (χ4n) is 1.95. The molecule has 1 heterocycles. The summed E-state index contributed by atoms with van der Waals surface area (Å²) in [5.41, 5.74) is -1.40. The largest absolute Gasteiger partial charge is 0.480 e. The van der Waals surface area contributed by atoms with Crippen LogP contribution < -0.4 is 10.5 Å². The third-order valence-corrected chi connectivity index (χ3v) is 4.03. The number of hydrogen-bond acceptors (Lipinski definition) is 4. The van der Waals surface area contributed by atoms with Crippen LogP contribution in [0.4, 0.5) is 0 Å². The number of carboxylic acids is 1. The summed E-state index contributed by atoms with van der Waals surface area (Å²) in [5.74, 6) is -1.83. The molecule has 0 saturated carbocycles. The summed E-state index contributed by atoms with van der Waals surface area (Å²) in [6, 6.07) is 1.11. The number of primary sulfonamides is 1. The fraction of sp³-hybridized carbons (Fsp3) is 0.500. The number of aryl methyl sites for hydroxylation is 1. The van der Waals surface area contributed by atoms with Gasteiger partial charge < -0.3 is 15.0 Å². The second-order valence-corrected chi connectivity index (χ2v) is 6.62. The molecule has 0 aliphatic rings. The average molecular weight is 317 g/mol. The zero-order valence-corrected chi connectivity index (χ0v) is 12.9. The number of aliphatic carboxylic acids is 1. The third kappa shape index (κ3) is 3.82. The highest BCUT2D eigenvalue weighted by atomic mass is 32.2. The van der Waals surface area contributed by atoms with E-state index in [1.54, 1.807) is 6.92 Å². The van der Waals surface area contributed by atoms with Gasteiger partial charge in [-0.3, -0.25) is 4.79 Å². The SMILES string of the molecule is CCCC(C)(NC(=O)c1cc(S(N)(=O)=O)cn1C)C(=O)O. The number of nitrogens with two attached hydrogens (primary N) is 1. The Bertz CT molecular complexity index is 664. The van der Waals surface area contributed by atoms with Gasteiger partial charge in [0.25, 0.3) is 5.91 Å². The van der Waals surface area contributed by atoms with Crippen molar-refractivity contribution in [3.8, 4) is 0 Å². The Labute approximate surface area is 123 Å². The molecule has 4 N–H and O–H groups in total. The smallest absolute Gasteiger partial charge is 0.329 e. The molecule has 1 aromatic heterocycles. The summed E-state index contributed by atoms with van der Waals surface area (Å²) in [6.07, 6.45) is 2.02. The first kappa shape index (κ1) is 17.2. The molecule has 118 valence electrons. The summed E-state index contributed by atoms with van der Waals surface area (Å²) in [6.45, 7) is 3.20. The van der Waals surface area contributed by atoms with Gasteiger partial charge in [0.1, 0.15) is 16.1 Å². The summed E-state index contributed by atoms with van der Waals surface area (Å²) >= 11 is 0. The molecule has 0 aliphatic carbocycles. The highest BCUT2D eigenvalue weighted by Gasteiger charge is 2.34. The first-order valence-electron chi connectivity index (χ1n) is 6.26. The van der Waals surface area contributed by atoms with E-state index in [9.17, 15) is 23.1 Å². The molecule has 21 heavy (non-hydrogen) atoms. The minimum Gasteiger partial charge on any atom is -0.480 e. The molecular weight excluding hydrogens is 298 g/mol. The Morgan fingerprint density at radius 3 is 2.43 bits per heavy atom. The molecule has 0 aliphatic heterocycles. The van der Waals surface area contributed by atoms with Crippen LogP contribution in [-0.2, 0) is 21.9 Å². The minimum absolute atomic E-state index is 0.0163. The van der Waals surface area contributed by atoms with Crippen LogP contribution in [0, 0.1) is 0 Å². The van der Waals surface area contributed by atoms with Crippen molar-refractivity contribution in [3.63, 3.8) is 0 Å². The molecule has 9 heteroatoms. The van der Waals surface area contributed by atoms with Crippen molar-refractivity contribution in [1.82, 2.24) is 9.88 Å². The molecule has 1 unspecified atom stereocenters. The zero-order valence-electron chi connectivity index (χ0n) is 12.1. The predicted octanol–water partition coefficient (Wildman–Crippen LogP) is 0.0457. The molecule has 1 atom stereocenters. The van der Waals surface area contributed by atoms with Gasteiger partial charge in [-0.25, -0.2) is 18.4 Å². The molecule has 0 aromatic carbocycles.